The van der Waals surface area contributed by atoms with Gasteiger partial charge < -0.3 is 4.90 Å². The lowest BCUT2D eigenvalue weighted by Crippen LogP contribution is -2.20. The van der Waals surface area contributed by atoms with Crippen LogP contribution >= 0.6 is 0 Å². The number of ketones is 1. The Morgan fingerprint density at radius 3 is 2.38 bits per heavy atom. The molecule has 0 spiro atoms. The fourth-order valence-corrected chi connectivity index (χ4v) is 3.09. The number of guanidine groups is 1. The van der Waals surface area contributed by atoms with E-state index >= 15 is 0 Å². The van der Waals surface area contributed by atoms with Gasteiger partial charge in [-0.25, -0.2) is 9.98 Å². The molecule has 1 aliphatic heterocycles. The van der Waals surface area contributed by atoms with Gasteiger partial charge in [0, 0.05) is 25.2 Å². The van der Waals surface area contributed by atoms with Crippen LogP contribution in [0.4, 0.5) is 0 Å². The number of rotatable bonds is 1. The Balaban J connectivity index is 2.02. The topological polar surface area (TPSA) is 45.0 Å². The van der Waals surface area contributed by atoms with Crippen molar-refractivity contribution in [3.05, 3.63) is 76.5 Å². The summed E-state index contributed by atoms with van der Waals surface area (Å²) in [4.78, 5) is 24.3. The molecule has 2 aliphatic rings. The molecular formula is C20H17N3O. The average Bonchev–Trinajstić information content (AvgIpc) is 3.01. The Bertz CT molecular complexity index is 964. The normalized spacial score (nSPS) is 15.7. The second kappa shape index (κ2) is 5.27. The molecule has 4 heteroatoms. The largest absolute Gasteiger partial charge is 0.347 e. The van der Waals surface area contributed by atoms with Gasteiger partial charge in [0.15, 0.2) is 5.78 Å². The average molecular weight is 315 g/mol. The smallest absolute Gasteiger partial charge is 0.226 e. The van der Waals surface area contributed by atoms with E-state index in [0.717, 1.165) is 22.4 Å². The summed E-state index contributed by atoms with van der Waals surface area (Å²) in [5.41, 5.74) is 5.63. The van der Waals surface area contributed by atoms with E-state index in [1.54, 1.807) is 0 Å². The van der Waals surface area contributed by atoms with Gasteiger partial charge in [-0.1, -0.05) is 54.1 Å². The van der Waals surface area contributed by atoms with Crippen LogP contribution in [0.3, 0.4) is 0 Å². The summed E-state index contributed by atoms with van der Waals surface area (Å²) in [6.07, 6.45) is 0. The number of carbonyl (C=O) groups excluding carboxylic acids is 1. The van der Waals surface area contributed by atoms with E-state index in [4.69, 9.17) is 0 Å². The third-order valence-corrected chi connectivity index (χ3v) is 4.25. The SMILES string of the molecule is Cc1cccc(C2=C3N=C(N(C)C)N=C3c3ccccc3C2=O)c1. The van der Waals surface area contributed by atoms with E-state index in [2.05, 4.69) is 9.98 Å². The molecule has 0 atom stereocenters. The van der Waals surface area contributed by atoms with Crippen molar-refractivity contribution in [3.63, 3.8) is 0 Å². The highest BCUT2D eigenvalue weighted by atomic mass is 16.1. The fourth-order valence-electron chi connectivity index (χ4n) is 3.09. The first-order valence-corrected chi connectivity index (χ1v) is 7.87. The molecule has 24 heavy (non-hydrogen) atoms. The molecule has 0 amide bonds. The van der Waals surface area contributed by atoms with Crippen LogP contribution in [-0.4, -0.2) is 36.4 Å². The van der Waals surface area contributed by atoms with Crippen molar-refractivity contribution in [2.24, 2.45) is 9.98 Å². The quantitative estimate of drug-likeness (QED) is 0.810. The molecule has 0 radical (unpaired) electrons. The van der Waals surface area contributed by atoms with Crippen LogP contribution < -0.4 is 0 Å². The molecule has 1 heterocycles. The van der Waals surface area contributed by atoms with Crippen LogP contribution in [0.25, 0.3) is 5.57 Å². The van der Waals surface area contributed by atoms with Crippen molar-refractivity contribution in [1.29, 1.82) is 0 Å². The molecule has 2 aromatic rings. The molecule has 118 valence electrons. The summed E-state index contributed by atoms with van der Waals surface area (Å²) in [6.45, 7) is 2.02. The molecule has 0 unspecified atom stereocenters. The highest BCUT2D eigenvalue weighted by Crippen LogP contribution is 2.36. The van der Waals surface area contributed by atoms with Crippen LogP contribution in [0.1, 0.15) is 27.0 Å². The van der Waals surface area contributed by atoms with Crippen LogP contribution in [0.2, 0.25) is 0 Å². The van der Waals surface area contributed by atoms with Gasteiger partial charge in [-0.15, -0.1) is 0 Å². The standard InChI is InChI=1S/C20H17N3O/c1-12-7-6-8-13(11-12)16-18-17(21-20(22-18)23(2)3)14-9-4-5-10-15(14)19(16)24/h4-11H,1-3H3. The molecule has 0 fully saturated rings. The molecule has 1 aliphatic carbocycles. The minimum atomic E-state index is 0.00825. The summed E-state index contributed by atoms with van der Waals surface area (Å²) in [5.74, 6) is 0.628. The zero-order chi connectivity index (χ0) is 16.8. The molecule has 0 saturated heterocycles. The maximum Gasteiger partial charge on any atom is 0.226 e. The van der Waals surface area contributed by atoms with Gasteiger partial charge in [0.05, 0.1) is 5.57 Å². The van der Waals surface area contributed by atoms with Crippen molar-refractivity contribution in [2.45, 2.75) is 6.92 Å². The van der Waals surface area contributed by atoms with Crippen molar-refractivity contribution >= 4 is 23.0 Å². The number of Topliss-reactive ketones (excluding diaryl/α,β-unsaturated/α-hetero) is 1. The van der Waals surface area contributed by atoms with E-state index in [9.17, 15) is 4.79 Å². The molecule has 0 saturated carbocycles. The first kappa shape index (κ1) is 14.6. The number of aryl methyl sites for hydroxylation is 1. The molecular weight excluding hydrogens is 298 g/mol. The Kier molecular flexibility index (Phi) is 3.20. The highest BCUT2D eigenvalue weighted by Gasteiger charge is 2.34. The maximum absolute atomic E-state index is 13.2. The second-order valence-corrected chi connectivity index (χ2v) is 6.23. The Morgan fingerprint density at radius 1 is 0.917 bits per heavy atom. The lowest BCUT2D eigenvalue weighted by Gasteiger charge is -2.19. The van der Waals surface area contributed by atoms with E-state index in [0.29, 0.717) is 22.8 Å². The number of benzene rings is 2. The predicted octanol–water partition coefficient (Wildman–Crippen LogP) is 3.32. The minimum Gasteiger partial charge on any atom is -0.347 e. The summed E-state index contributed by atoms with van der Waals surface area (Å²) in [6, 6.07) is 15.6. The molecule has 0 aromatic heterocycles. The first-order chi connectivity index (χ1) is 11.6. The second-order valence-electron chi connectivity index (χ2n) is 6.23. The number of aliphatic imine (C=N–C) groups is 2. The number of nitrogens with zero attached hydrogens (tertiary/aromatic N) is 3. The molecule has 4 nitrogen and oxygen atoms in total. The van der Waals surface area contributed by atoms with Crippen LogP contribution in [0.15, 0.2) is 64.2 Å². The van der Waals surface area contributed by atoms with Gasteiger partial charge in [0.2, 0.25) is 5.96 Å². The van der Waals surface area contributed by atoms with Gasteiger partial charge in [0.1, 0.15) is 11.4 Å². The van der Waals surface area contributed by atoms with Gasteiger partial charge in [-0.05, 0) is 12.5 Å². The van der Waals surface area contributed by atoms with Crippen molar-refractivity contribution in [3.8, 4) is 0 Å². The number of fused-ring (bicyclic) bond motifs is 3. The Labute approximate surface area is 140 Å². The number of hydrogen-bond acceptors (Lipinski definition) is 4. The monoisotopic (exact) mass is 315 g/mol. The Hall–Kier alpha value is -3.01. The molecule has 2 aromatic carbocycles. The summed E-state index contributed by atoms with van der Waals surface area (Å²) in [7, 11) is 3.81. The van der Waals surface area contributed by atoms with Gasteiger partial charge in [-0.2, -0.15) is 0 Å². The van der Waals surface area contributed by atoms with Gasteiger partial charge in [0.25, 0.3) is 0 Å². The third kappa shape index (κ3) is 2.11. The van der Waals surface area contributed by atoms with Crippen molar-refractivity contribution in [1.82, 2.24) is 4.90 Å². The Morgan fingerprint density at radius 2 is 1.67 bits per heavy atom. The number of allylic oxidation sites excluding steroid dienone is 2. The summed E-state index contributed by atoms with van der Waals surface area (Å²) in [5, 5.41) is 0. The van der Waals surface area contributed by atoms with Crippen molar-refractivity contribution in [2.75, 3.05) is 14.1 Å². The first-order valence-electron chi connectivity index (χ1n) is 7.87. The zero-order valence-corrected chi connectivity index (χ0v) is 13.9. The summed E-state index contributed by atoms with van der Waals surface area (Å²) >= 11 is 0. The third-order valence-electron chi connectivity index (χ3n) is 4.25. The summed E-state index contributed by atoms with van der Waals surface area (Å²) < 4.78 is 0. The number of carbonyl (C=O) groups is 1. The van der Waals surface area contributed by atoms with Crippen molar-refractivity contribution < 1.29 is 4.79 Å². The van der Waals surface area contributed by atoms with E-state index in [1.807, 2.05) is 74.4 Å². The highest BCUT2D eigenvalue weighted by molar-refractivity contribution is 6.43. The van der Waals surface area contributed by atoms with Crippen LogP contribution in [0.5, 0.6) is 0 Å². The lowest BCUT2D eigenvalue weighted by molar-refractivity contribution is 0.105. The molecule has 4 rings (SSSR count). The lowest BCUT2D eigenvalue weighted by atomic mass is 9.83. The van der Waals surface area contributed by atoms with Gasteiger partial charge in [-0.3, -0.25) is 4.79 Å². The van der Waals surface area contributed by atoms with E-state index in [-0.39, 0.29) is 5.78 Å². The van der Waals surface area contributed by atoms with Crippen LogP contribution in [-0.2, 0) is 0 Å². The number of hydrogen-bond donors (Lipinski definition) is 0. The predicted molar refractivity (Wildman–Crippen MR) is 96.5 cm³/mol. The molecule has 0 bridgehead atoms. The fraction of sp³-hybridized carbons (Fsp3) is 0.150. The minimum absolute atomic E-state index is 0.00825. The molecule has 0 N–H and O–H groups in total. The van der Waals surface area contributed by atoms with Gasteiger partial charge >= 0.3 is 0 Å². The maximum atomic E-state index is 13.2. The van der Waals surface area contributed by atoms with E-state index in [1.165, 1.54) is 0 Å². The zero-order valence-electron chi connectivity index (χ0n) is 13.9. The van der Waals surface area contributed by atoms with E-state index < -0.39 is 0 Å². The van der Waals surface area contributed by atoms with Crippen LogP contribution in [0, 0.1) is 6.92 Å².